The van der Waals surface area contributed by atoms with Crippen LogP contribution >= 0.6 is 0 Å². The highest BCUT2D eigenvalue weighted by Crippen LogP contribution is 2.44. The summed E-state index contributed by atoms with van der Waals surface area (Å²) in [4.78, 5) is 6.25. The van der Waals surface area contributed by atoms with E-state index in [0.29, 0.717) is 0 Å². The van der Waals surface area contributed by atoms with Gasteiger partial charge >= 0.3 is 0 Å². The Balaban J connectivity index is 2.16. The third-order valence-corrected chi connectivity index (χ3v) is 3.65. The van der Waals surface area contributed by atoms with Gasteiger partial charge in [0.2, 0.25) is 0 Å². The minimum absolute atomic E-state index is 0.388. The molecule has 0 radical (unpaired) electrons. The molecule has 1 fully saturated rings. The van der Waals surface area contributed by atoms with Crippen molar-refractivity contribution >= 4 is 5.82 Å². The van der Waals surface area contributed by atoms with E-state index in [9.17, 15) is 5.11 Å². The second-order valence-corrected chi connectivity index (χ2v) is 4.87. The van der Waals surface area contributed by atoms with E-state index in [0.717, 1.165) is 30.6 Å². The first-order valence-electron chi connectivity index (χ1n) is 5.95. The highest BCUT2D eigenvalue weighted by atomic mass is 16.5. The lowest BCUT2D eigenvalue weighted by Crippen LogP contribution is -2.45. The van der Waals surface area contributed by atoms with Gasteiger partial charge in [-0.05, 0) is 25.3 Å². The summed E-state index contributed by atoms with van der Waals surface area (Å²) < 4.78 is 5.48. The van der Waals surface area contributed by atoms with E-state index in [4.69, 9.17) is 4.74 Å². The van der Waals surface area contributed by atoms with Crippen molar-refractivity contribution in [3.63, 3.8) is 0 Å². The molecule has 0 bridgehead atoms. The van der Waals surface area contributed by atoms with Gasteiger partial charge in [-0.1, -0.05) is 6.07 Å². The summed E-state index contributed by atoms with van der Waals surface area (Å²) in [7, 11) is 5.56. The average Bonchev–Trinajstić information content (AvgIpc) is 2.28. The Morgan fingerprint density at radius 1 is 1.41 bits per heavy atom. The van der Waals surface area contributed by atoms with Crippen molar-refractivity contribution in [2.24, 2.45) is 0 Å². The molecule has 17 heavy (non-hydrogen) atoms. The van der Waals surface area contributed by atoms with E-state index in [-0.39, 0.29) is 5.60 Å². The van der Waals surface area contributed by atoms with Crippen molar-refractivity contribution < 1.29 is 9.84 Å². The number of methoxy groups -OCH3 is 1. The molecule has 1 aromatic heterocycles. The normalized spacial score (nSPS) is 19.5. The molecular weight excluding hydrogens is 216 g/mol. The van der Waals surface area contributed by atoms with Crippen LogP contribution in [0.15, 0.2) is 18.3 Å². The summed E-state index contributed by atoms with van der Waals surface area (Å²) >= 11 is 0. The number of rotatable bonds is 4. The molecule has 0 aliphatic heterocycles. The third kappa shape index (κ3) is 2.15. The van der Waals surface area contributed by atoms with E-state index in [1.807, 2.05) is 31.1 Å². The number of nitrogens with zero attached hydrogens (tertiary/aromatic N) is 2. The molecule has 1 aliphatic rings. The van der Waals surface area contributed by atoms with Crippen LogP contribution < -0.4 is 4.90 Å². The van der Waals surface area contributed by atoms with Gasteiger partial charge in [0.05, 0.1) is 5.60 Å². The highest BCUT2D eigenvalue weighted by Gasteiger charge is 2.44. The zero-order chi connectivity index (χ0) is 12.5. The maximum Gasteiger partial charge on any atom is 0.127 e. The number of ether oxygens (including phenoxy) is 1. The van der Waals surface area contributed by atoms with Gasteiger partial charge in [0.1, 0.15) is 11.9 Å². The number of hydrogen-bond donors (Lipinski definition) is 1. The molecule has 0 aromatic carbocycles. The molecule has 1 aliphatic carbocycles. The number of aliphatic hydroxyl groups excluding tert-OH is 1. The first-order chi connectivity index (χ1) is 8.09. The zero-order valence-corrected chi connectivity index (χ0v) is 10.7. The number of aromatic nitrogens is 1. The van der Waals surface area contributed by atoms with Crippen LogP contribution in [0.2, 0.25) is 0 Å². The molecule has 4 nitrogen and oxygen atoms in total. The summed E-state index contributed by atoms with van der Waals surface area (Å²) in [6.45, 7) is 0. The summed E-state index contributed by atoms with van der Waals surface area (Å²) in [6, 6.07) is 3.84. The Morgan fingerprint density at radius 3 is 2.47 bits per heavy atom. The van der Waals surface area contributed by atoms with Crippen molar-refractivity contribution in [2.75, 3.05) is 26.1 Å². The Bertz CT molecular complexity index is 366. The van der Waals surface area contributed by atoms with E-state index < -0.39 is 6.10 Å². The van der Waals surface area contributed by atoms with Gasteiger partial charge in [0.15, 0.2) is 0 Å². The largest absolute Gasteiger partial charge is 0.385 e. The minimum atomic E-state index is -0.579. The molecule has 4 heteroatoms. The number of aliphatic hydroxyl groups is 1. The Kier molecular flexibility index (Phi) is 3.35. The van der Waals surface area contributed by atoms with Crippen LogP contribution in [-0.2, 0) is 4.74 Å². The fourth-order valence-corrected chi connectivity index (χ4v) is 2.24. The van der Waals surface area contributed by atoms with Crippen molar-refractivity contribution in [2.45, 2.75) is 31.0 Å². The minimum Gasteiger partial charge on any atom is -0.385 e. The summed E-state index contributed by atoms with van der Waals surface area (Å²) in [5.41, 5.74) is 0.443. The van der Waals surface area contributed by atoms with Crippen LogP contribution in [0.3, 0.4) is 0 Å². The molecule has 1 atom stereocenters. The second kappa shape index (κ2) is 4.63. The van der Waals surface area contributed by atoms with Crippen molar-refractivity contribution in [1.29, 1.82) is 0 Å². The molecule has 1 aromatic rings. The van der Waals surface area contributed by atoms with Crippen LogP contribution in [0.5, 0.6) is 0 Å². The first kappa shape index (κ1) is 12.3. The molecule has 1 N–H and O–H groups in total. The molecular formula is C13H20N2O2. The van der Waals surface area contributed by atoms with Crippen LogP contribution in [0.4, 0.5) is 5.82 Å². The van der Waals surface area contributed by atoms with Crippen LogP contribution in [-0.4, -0.2) is 36.9 Å². The first-order valence-corrected chi connectivity index (χ1v) is 5.95. The summed E-state index contributed by atoms with van der Waals surface area (Å²) in [5.74, 6) is 0.890. The fraction of sp³-hybridized carbons (Fsp3) is 0.615. The molecule has 1 unspecified atom stereocenters. The van der Waals surface area contributed by atoms with E-state index in [1.54, 1.807) is 13.3 Å². The number of pyridine rings is 1. The van der Waals surface area contributed by atoms with Gasteiger partial charge < -0.3 is 14.7 Å². The lowest BCUT2D eigenvalue weighted by molar-refractivity contribution is -0.151. The number of anilines is 1. The van der Waals surface area contributed by atoms with Gasteiger partial charge in [-0.2, -0.15) is 0 Å². The molecule has 94 valence electrons. The van der Waals surface area contributed by atoms with Gasteiger partial charge in [-0.3, -0.25) is 0 Å². The van der Waals surface area contributed by atoms with Crippen molar-refractivity contribution in [3.8, 4) is 0 Å². The zero-order valence-electron chi connectivity index (χ0n) is 10.7. The smallest absolute Gasteiger partial charge is 0.127 e. The van der Waals surface area contributed by atoms with E-state index >= 15 is 0 Å². The molecule has 0 amide bonds. The number of hydrogen-bond acceptors (Lipinski definition) is 4. The van der Waals surface area contributed by atoms with Gasteiger partial charge in [-0.15, -0.1) is 0 Å². The monoisotopic (exact) mass is 236 g/mol. The summed E-state index contributed by atoms with van der Waals surface area (Å²) in [6.07, 6.45) is 4.11. The molecule has 0 spiro atoms. The average molecular weight is 236 g/mol. The Hall–Kier alpha value is -1.13. The van der Waals surface area contributed by atoms with Crippen LogP contribution in [0.1, 0.15) is 30.9 Å². The standard InChI is InChI=1S/C13H20N2O2/c1-15(2)11-6-5-10(9-14-11)12(16)13(17-3)7-4-8-13/h5-6,9,12,16H,4,7-8H2,1-3H3. The lowest BCUT2D eigenvalue weighted by atomic mass is 9.74. The predicted molar refractivity (Wildman–Crippen MR) is 67.1 cm³/mol. The highest BCUT2D eigenvalue weighted by molar-refractivity contribution is 5.38. The second-order valence-electron chi connectivity index (χ2n) is 4.87. The molecule has 2 rings (SSSR count). The quantitative estimate of drug-likeness (QED) is 0.865. The van der Waals surface area contributed by atoms with Crippen molar-refractivity contribution in [3.05, 3.63) is 23.9 Å². The van der Waals surface area contributed by atoms with Gasteiger partial charge in [0.25, 0.3) is 0 Å². The maximum atomic E-state index is 10.3. The fourth-order valence-electron chi connectivity index (χ4n) is 2.24. The molecule has 1 saturated carbocycles. The van der Waals surface area contributed by atoms with Crippen LogP contribution in [0, 0.1) is 0 Å². The Morgan fingerprint density at radius 2 is 2.12 bits per heavy atom. The van der Waals surface area contributed by atoms with Crippen molar-refractivity contribution in [1.82, 2.24) is 4.98 Å². The Labute approximate surface area is 102 Å². The van der Waals surface area contributed by atoms with Gasteiger partial charge in [0, 0.05) is 33.0 Å². The van der Waals surface area contributed by atoms with Gasteiger partial charge in [-0.25, -0.2) is 4.98 Å². The lowest BCUT2D eigenvalue weighted by Gasteiger charge is -2.44. The predicted octanol–water partition coefficient (Wildman–Crippen LogP) is 1.75. The molecule has 1 heterocycles. The topological polar surface area (TPSA) is 45.6 Å². The summed E-state index contributed by atoms with van der Waals surface area (Å²) in [5, 5.41) is 10.3. The van der Waals surface area contributed by atoms with Crippen LogP contribution in [0.25, 0.3) is 0 Å². The maximum absolute atomic E-state index is 10.3. The third-order valence-electron chi connectivity index (χ3n) is 3.65. The SMILES string of the molecule is COC1(C(O)c2ccc(N(C)C)nc2)CCC1. The van der Waals surface area contributed by atoms with E-state index in [2.05, 4.69) is 4.98 Å². The molecule has 0 saturated heterocycles. The van der Waals surface area contributed by atoms with E-state index in [1.165, 1.54) is 0 Å².